The topological polar surface area (TPSA) is 46.6 Å². The fourth-order valence-corrected chi connectivity index (χ4v) is 4.51. The molecule has 4 nitrogen and oxygen atoms in total. The van der Waals surface area contributed by atoms with E-state index in [0.29, 0.717) is 11.4 Å². The summed E-state index contributed by atoms with van der Waals surface area (Å²) >= 11 is 0. The normalized spacial score (nSPS) is 10.8. The number of hydrogen-bond acceptors (Lipinski definition) is 3. The zero-order valence-corrected chi connectivity index (χ0v) is 18.2. The lowest BCUT2D eigenvalue weighted by molar-refractivity contribution is 0.414. The Morgan fingerprint density at radius 3 is 2.17 bits per heavy atom. The molecule has 3 rings (SSSR count). The third kappa shape index (κ3) is 4.82. The first kappa shape index (κ1) is 21.4. The van der Waals surface area contributed by atoms with Gasteiger partial charge in [-0.1, -0.05) is 53.8 Å². The van der Waals surface area contributed by atoms with Gasteiger partial charge in [-0.15, -0.1) is 0 Å². The van der Waals surface area contributed by atoms with Gasteiger partial charge in [0.15, 0.2) is 0 Å². The lowest BCUT2D eigenvalue weighted by Gasteiger charge is -2.26. The van der Waals surface area contributed by atoms with Crippen LogP contribution in [-0.2, 0) is 16.6 Å². The van der Waals surface area contributed by atoms with Gasteiger partial charge in [0, 0.05) is 5.56 Å². The van der Waals surface area contributed by atoms with E-state index < -0.39 is 10.0 Å². The van der Waals surface area contributed by atoms with Crippen LogP contribution >= 0.6 is 0 Å². The molecule has 5 heteroatoms. The van der Waals surface area contributed by atoms with Gasteiger partial charge in [-0.2, -0.15) is 0 Å². The second-order valence-corrected chi connectivity index (χ2v) is 8.68. The standard InChI is InChI=1S/C25H25NO3S/c1-4-8-25(22-13-15-23(29-3)16-14-22)26(19-21-9-6-5-7-10-21)30(27,28)24-17-11-20(2)12-18-24/h4-7,9-18H,19H2,1-3H3. The Balaban J connectivity index is 2.15. The van der Waals surface area contributed by atoms with Crippen LogP contribution in [0.5, 0.6) is 5.75 Å². The van der Waals surface area contributed by atoms with Crippen LogP contribution in [0.4, 0.5) is 0 Å². The summed E-state index contributed by atoms with van der Waals surface area (Å²) in [6, 6.07) is 23.7. The van der Waals surface area contributed by atoms with Crippen LogP contribution in [0, 0.1) is 6.92 Å². The van der Waals surface area contributed by atoms with Crippen LogP contribution in [0.1, 0.15) is 23.6 Å². The quantitative estimate of drug-likeness (QED) is 0.481. The summed E-state index contributed by atoms with van der Waals surface area (Å²) in [7, 11) is -2.22. The molecule has 0 aromatic heterocycles. The molecule has 3 aromatic rings. The maximum atomic E-state index is 13.7. The van der Waals surface area contributed by atoms with Crippen LogP contribution in [-0.4, -0.2) is 19.8 Å². The van der Waals surface area contributed by atoms with Crippen LogP contribution in [0.3, 0.4) is 0 Å². The molecule has 0 aliphatic heterocycles. The lowest BCUT2D eigenvalue weighted by atomic mass is 10.1. The summed E-state index contributed by atoms with van der Waals surface area (Å²) in [4.78, 5) is 0.243. The molecule has 0 amide bonds. The summed E-state index contributed by atoms with van der Waals surface area (Å²) in [5.74, 6) is 0.703. The summed E-state index contributed by atoms with van der Waals surface area (Å²) in [5.41, 5.74) is 6.24. The Labute approximate surface area is 178 Å². The molecular formula is C25H25NO3S. The lowest BCUT2D eigenvalue weighted by Crippen LogP contribution is -2.29. The van der Waals surface area contributed by atoms with Crippen molar-refractivity contribution in [3.05, 3.63) is 107 Å². The van der Waals surface area contributed by atoms with E-state index in [1.807, 2.05) is 68.4 Å². The van der Waals surface area contributed by atoms with Crippen molar-refractivity contribution in [2.45, 2.75) is 25.3 Å². The number of hydrogen-bond donors (Lipinski definition) is 0. The van der Waals surface area contributed by atoms with Crippen molar-refractivity contribution >= 4 is 15.7 Å². The molecule has 0 fully saturated rings. The number of benzene rings is 3. The highest BCUT2D eigenvalue weighted by Crippen LogP contribution is 2.29. The van der Waals surface area contributed by atoms with Crippen molar-refractivity contribution in [2.24, 2.45) is 0 Å². The van der Waals surface area contributed by atoms with Crippen molar-refractivity contribution < 1.29 is 13.2 Å². The molecule has 0 aliphatic rings. The highest BCUT2D eigenvalue weighted by Gasteiger charge is 2.27. The van der Waals surface area contributed by atoms with E-state index in [9.17, 15) is 8.42 Å². The number of ether oxygens (including phenoxy) is 1. The van der Waals surface area contributed by atoms with E-state index >= 15 is 0 Å². The zero-order chi connectivity index (χ0) is 21.6. The third-order valence-corrected chi connectivity index (χ3v) is 6.43. The zero-order valence-electron chi connectivity index (χ0n) is 17.4. The molecule has 0 N–H and O–H groups in total. The van der Waals surface area contributed by atoms with Gasteiger partial charge in [-0.05, 0) is 61.9 Å². The molecule has 3 aromatic carbocycles. The molecule has 0 bridgehead atoms. The Kier molecular flexibility index (Phi) is 6.78. The minimum atomic E-state index is -3.82. The van der Waals surface area contributed by atoms with E-state index in [2.05, 4.69) is 5.73 Å². The molecule has 0 unspecified atom stereocenters. The first-order valence-corrected chi connectivity index (χ1v) is 11.1. The number of aryl methyl sites for hydroxylation is 1. The average molecular weight is 420 g/mol. The van der Waals surface area contributed by atoms with E-state index in [1.165, 1.54) is 4.31 Å². The largest absolute Gasteiger partial charge is 0.497 e. The summed E-state index contributed by atoms with van der Waals surface area (Å²) in [5, 5.41) is 0. The first-order chi connectivity index (χ1) is 14.5. The van der Waals surface area contributed by atoms with Crippen LogP contribution in [0.25, 0.3) is 5.70 Å². The maximum absolute atomic E-state index is 13.7. The van der Waals surface area contributed by atoms with Crippen molar-refractivity contribution in [3.63, 3.8) is 0 Å². The predicted octanol–water partition coefficient (Wildman–Crippen LogP) is 5.41. The minimum absolute atomic E-state index is 0.194. The number of allylic oxidation sites excluding steroid dienone is 1. The van der Waals surface area contributed by atoms with Gasteiger partial charge in [-0.25, -0.2) is 8.42 Å². The van der Waals surface area contributed by atoms with Crippen molar-refractivity contribution in [1.82, 2.24) is 4.31 Å². The summed E-state index contributed by atoms with van der Waals surface area (Å²) in [6.45, 7) is 3.95. The molecule has 154 valence electrons. The van der Waals surface area contributed by atoms with E-state index in [4.69, 9.17) is 4.74 Å². The highest BCUT2D eigenvalue weighted by atomic mass is 32.2. The van der Waals surface area contributed by atoms with Crippen LogP contribution in [0.15, 0.2) is 95.6 Å². The molecule has 0 saturated heterocycles. The Morgan fingerprint density at radius 1 is 0.967 bits per heavy atom. The predicted molar refractivity (Wildman–Crippen MR) is 121 cm³/mol. The van der Waals surface area contributed by atoms with Gasteiger partial charge in [0.1, 0.15) is 11.4 Å². The molecule has 0 spiro atoms. The Bertz CT molecular complexity index is 1140. The highest BCUT2D eigenvalue weighted by molar-refractivity contribution is 7.89. The Hall–Kier alpha value is -3.27. The maximum Gasteiger partial charge on any atom is 0.265 e. The molecule has 0 heterocycles. The molecule has 0 atom stereocenters. The van der Waals surface area contributed by atoms with E-state index in [0.717, 1.165) is 16.7 Å². The average Bonchev–Trinajstić information content (AvgIpc) is 2.77. The number of methoxy groups -OCH3 is 1. The summed E-state index contributed by atoms with van der Waals surface area (Å²) < 4.78 is 34.0. The monoisotopic (exact) mass is 419 g/mol. The molecule has 0 radical (unpaired) electrons. The van der Waals surface area contributed by atoms with Gasteiger partial charge < -0.3 is 4.74 Å². The SMILES string of the molecule is CC=C=C(c1ccc(OC)cc1)N(Cc1ccccc1)S(=O)(=O)c1ccc(C)cc1. The second-order valence-electron chi connectivity index (χ2n) is 6.82. The number of sulfonamides is 1. The van der Waals surface area contributed by atoms with E-state index in [1.54, 1.807) is 37.5 Å². The van der Waals surface area contributed by atoms with Crippen molar-refractivity contribution in [1.29, 1.82) is 0 Å². The third-order valence-electron chi connectivity index (χ3n) is 4.67. The number of nitrogens with zero attached hydrogens (tertiary/aromatic N) is 1. The number of rotatable bonds is 7. The van der Waals surface area contributed by atoms with Gasteiger partial charge in [-0.3, -0.25) is 4.31 Å². The van der Waals surface area contributed by atoms with Gasteiger partial charge >= 0.3 is 0 Å². The van der Waals surface area contributed by atoms with Crippen LogP contribution < -0.4 is 4.74 Å². The smallest absolute Gasteiger partial charge is 0.265 e. The van der Waals surface area contributed by atoms with Gasteiger partial charge in [0.25, 0.3) is 10.0 Å². The first-order valence-electron chi connectivity index (χ1n) is 9.65. The van der Waals surface area contributed by atoms with Crippen molar-refractivity contribution in [3.8, 4) is 5.75 Å². The molecule has 30 heavy (non-hydrogen) atoms. The fraction of sp³-hybridized carbons (Fsp3) is 0.160. The van der Waals surface area contributed by atoms with Crippen molar-refractivity contribution in [2.75, 3.05) is 7.11 Å². The molecule has 0 saturated carbocycles. The Morgan fingerprint density at radius 2 is 1.60 bits per heavy atom. The molecule has 0 aliphatic carbocycles. The van der Waals surface area contributed by atoms with E-state index in [-0.39, 0.29) is 11.4 Å². The summed E-state index contributed by atoms with van der Waals surface area (Å²) in [6.07, 6.45) is 1.72. The second kappa shape index (κ2) is 9.49. The fourth-order valence-electron chi connectivity index (χ4n) is 3.06. The minimum Gasteiger partial charge on any atom is -0.497 e. The van der Waals surface area contributed by atoms with Crippen LogP contribution in [0.2, 0.25) is 0 Å². The van der Waals surface area contributed by atoms with Gasteiger partial charge in [0.05, 0.1) is 18.6 Å². The van der Waals surface area contributed by atoms with Gasteiger partial charge in [0.2, 0.25) is 0 Å². The molecular weight excluding hydrogens is 394 g/mol.